The zero-order valence-electron chi connectivity index (χ0n) is 12.2. The van der Waals surface area contributed by atoms with Crippen molar-refractivity contribution < 1.29 is 17.9 Å². The molecule has 1 rings (SSSR count). The Morgan fingerprint density at radius 3 is 2.57 bits per heavy atom. The first-order valence-corrected chi connectivity index (χ1v) is 7.95. The summed E-state index contributed by atoms with van der Waals surface area (Å²) in [7, 11) is -2.78. The summed E-state index contributed by atoms with van der Waals surface area (Å²) in [5.74, 6) is -0.885. The molecule has 0 saturated heterocycles. The lowest BCUT2D eigenvalue weighted by Crippen LogP contribution is -2.45. The molecule has 0 amide bonds. The van der Waals surface area contributed by atoms with Gasteiger partial charge in [0.2, 0.25) is 10.0 Å². The number of benzene rings is 1. The van der Waals surface area contributed by atoms with Gasteiger partial charge in [-0.1, -0.05) is 32.4 Å². The molecule has 1 aromatic rings. The molecular formula is C14H18N2O4S. The summed E-state index contributed by atoms with van der Waals surface area (Å²) in [4.78, 5) is 11.6. The third kappa shape index (κ3) is 4.03. The van der Waals surface area contributed by atoms with Gasteiger partial charge in [0, 0.05) is 0 Å². The number of sulfonamides is 1. The number of nitriles is 1. The largest absolute Gasteiger partial charge is 0.468 e. The van der Waals surface area contributed by atoms with E-state index in [4.69, 9.17) is 5.26 Å². The molecule has 0 heterocycles. The number of methoxy groups -OCH3 is 1. The molecule has 0 aromatic heterocycles. The standard InChI is InChI=1S/C14H18N2O4S/c1-4-10(2)13(14(17)20-3)16-21(18,19)12-8-6-5-7-11(12)9-15/h5-8,10,13,16H,4H2,1-3H3/t10-,13-/m1/s1. The van der Waals surface area contributed by atoms with E-state index in [1.165, 1.54) is 25.3 Å². The fraction of sp³-hybridized carbons (Fsp3) is 0.429. The van der Waals surface area contributed by atoms with E-state index >= 15 is 0 Å². The lowest BCUT2D eigenvalue weighted by molar-refractivity contribution is -0.143. The van der Waals surface area contributed by atoms with Crippen molar-refractivity contribution in [2.24, 2.45) is 5.92 Å². The van der Waals surface area contributed by atoms with Crippen LogP contribution >= 0.6 is 0 Å². The van der Waals surface area contributed by atoms with E-state index in [1.54, 1.807) is 13.0 Å². The Bertz CT molecular complexity index is 649. The minimum absolute atomic E-state index is 0.0257. The number of carbonyl (C=O) groups excluding carboxylic acids is 1. The molecule has 0 aliphatic heterocycles. The van der Waals surface area contributed by atoms with Gasteiger partial charge in [0.25, 0.3) is 0 Å². The van der Waals surface area contributed by atoms with Crippen LogP contribution in [0.3, 0.4) is 0 Å². The quantitative estimate of drug-likeness (QED) is 0.802. The predicted molar refractivity (Wildman–Crippen MR) is 76.7 cm³/mol. The Kier molecular flexibility index (Phi) is 5.88. The van der Waals surface area contributed by atoms with Gasteiger partial charge >= 0.3 is 5.97 Å². The monoisotopic (exact) mass is 310 g/mol. The fourth-order valence-electron chi connectivity index (χ4n) is 1.78. The maximum absolute atomic E-state index is 12.4. The van der Waals surface area contributed by atoms with Gasteiger partial charge in [0.15, 0.2) is 0 Å². The number of rotatable bonds is 6. The topological polar surface area (TPSA) is 96.3 Å². The summed E-state index contributed by atoms with van der Waals surface area (Å²) >= 11 is 0. The highest BCUT2D eigenvalue weighted by atomic mass is 32.2. The summed E-state index contributed by atoms with van der Waals surface area (Å²) in [6.45, 7) is 3.60. The van der Waals surface area contributed by atoms with E-state index in [9.17, 15) is 13.2 Å². The average molecular weight is 310 g/mol. The second-order valence-corrected chi connectivity index (χ2v) is 6.30. The van der Waals surface area contributed by atoms with Gasteiger partial charge in [-0.15, -0.1) is 0 Å². The zero-order valence-corrected chi connectivity index (χ0v) is 13.0. The first kappa shape index (κ1) is 17.1. The SMILES string of the molecule is CC[C@@H](C)[C@@H](NS(=O)(=O)c1ccccc1C#N)C(=O)OC. The average Bonchev–Trinajstić information content (AvgIpc) is 2.51. The van der Waals surface area contributed by atoms with Crippen LogP contribution in [0.1, 0.15) is 25.8 Å². The van der Waals surface area contributed by atoms with Crippen molar-refractivity contribution in [1.82, 2.24) is 4.72 Å². The fourth-order valence-corrected chi connectivity index (χ4v) is 3.23. The van der Waals surface area contributed by atoms with Crippen LogP contribution in [0.15, 0.2) is 29.2 Å². The van der Waals surface area contributed by atoms with Crippen LogP contribution in [0, 0.1) is 17.2 Å². The van der Waals surface area contributed by atoms with Gasteiger partial charge in [0.1, 0.15) is 12.1 Å². The molecule has 6 nitrogen and oxygen atoms in total. The molecule has 114 valence electrons. The molecule has 2 atom stereocenters. The van der Waals surface area contributed by atoms with Crippen LogP contribution in [0.4, 0.5) is 0 Å². The van der Waals surface area contributed by atoms with Gasteiger partial charge in [-0.2, -0.15) is 9.98 Å². The minimum atomic E-state index is -3.99. The minimum Gasteiger partial charge on any atom is -0.468 e. The lowest BCUT2D eigenvalue weighted by atomic mass is 10.0. The van der Waals surface area contributed by atoms with E-state index in [-0.39, 0.29) is 16.4 Å². The Balaban J connectivity index is 3.18. The van der Waals surface area contributed by atoms with Gasteiger partial charge in [0.05, 0.1) is 17.6 Å². The molecule has 1 N–H and O–H groups in total. The van der Waals surface area contributed by atoms with Crippen molar-refractivity contribution >= 4 is 16.0 Å². The van der Waals surface area contributed by atoms with Gasteiger partial charge < -0.3 is 4.74 Å². The molecular weight excluding hydrogens is 292 g/mol. The van der Waals surface area contributed by atoms with E-state index in [2.05, 4.69) is 9.46 Å². The van der Waals surface area contributed by atoms with E-state index < -0.39 is 22.0 Å². The molecule has 0 unspecified atom stereocenters. The van der Waals surface area contributed by atoms with Crippen molar-refractivity contribution in [3.8, 4) is 6.07 Å². The summed E-state index contributed by atoms with van der Waals surface area (Å²) < 4.78 is 31.8. The maximum Gasteiger partial charge on any atom is 0.324 e. The summed E-state index contributed by atoms with van der Waals surface area (Å²) in [6.07, 6.45) is 0.599. The molecule has 0 aliphatic rings. The molecule has 1 aromatic carbocycles. The highest BCUT2D eigenvalue weighted by molar-refractivity contribution is 7.89. The Morgan fingerprint density at radius 1 is 1.43 bits per heavy atom. The number of hydrogen-bond donors (Lipinski definition) is 1. The second kappa shape index (κ2) is 7.20. The smallest absolute Gasteiger partial charge is 0.324 e. The Labute approximate surface area is 124 Å². The maximum atomic E-state index is 12.4. The number of ether oxygens (including phenoxy) is 1. The second-order valence-electron chi connectivity index (χ2n) is 4.62. The van der Waals surface area contributed by atoms with Crippen LogP contribution in [0.5, 0.6) is 0 Å². The van der Waals surface area contributed by atoms with Gasteiger partial charge in [-0.3, -0.25) is 4.79 Å². The van der Waals surface area contributed by atoms with Crippen molar-refractivity contribution in [3.05, 3.63) is 29.8 Å². The first-order chi connectivity index (χ1) is 9.87. The van der Waals surface area contributed by atoms with Crippen LogP contribution in [0.25, 0.3) is 0 Å². The Morgan fingerprint density at radius 2 is 2.05 bits per heavy atom. The normalized spacial score (nSPS) is 14.0. The molecule has 21 heavy (non-hydrogen) atoms. The van der Waals surface area contributed by atoms with Crippen LogP contribution < -0.4 is 4.72 Å². The number of hydrogen-bond acceptors (Lipinski definition) is 5. The molecule has 0 aliphatic carbocycles. The van der Waals surface area contributed by atoms with Gasteiger partial charge in [-0.05, 0) is 18.1 Å². The van der Waals surface area contributed by atoms with Gasteiger partial charge in [-0.25, -0.2) is 8.42 Å². The van der Waals surface area contributed by atoms with Crippen LogP contribution in [-0.2, 0) is 19.6 Å². The molecule has 0 radical (unpaired) electrons. The third-order valence-corrected chi connectivity index (χ3v) is 4.75. The predicted octanol–water partition coefficient (Wildman–Crippen LogP) is 1.42. The number of nitrogens with zero attached hydrogens (tertiary/aromatic N) is 1. The molecule has 0 fully saturated rings. The number of esters is 1. The Hall–Kier alpha value is -1.91. The van der Waals surface area contributed by atoms with Crippen molar-refractivity contribution in [3.63, 3.8) is 0 Å². The van der Waals surface area contributed by atoms with Crippen LogP contribution in [0.2, 0.25) is 0 Å². The number of carbonyl (C=O) groups is 1. The molecule has 7 heteroatoms. The highest BCUT2D eigenvalue weighted by Crippen LogP contribution is 2.17. The third-order valence-electron chi connectivity index (χ3n) is 3.25. The van der Waals surface area contributed by atoms with Crippen molar-refractivity contribution in [2.75, 3.05) is 7.11 Å². The summed E-state index contributed by atoms with van der Waals surface area (Å²) in [5.41, 5.74) is 0.0257. The van der Waals surface area contributed by atoms with Crippen LogP contribution in [-0.4, -0.2) is 27.5 Å². The molecule has 0 saturated carbocycles. The molecule has 0 bridgehead atoms. The number of nitrogens with one attached hydrogen (secondary N) is 1. The summed E-state index contributed by atoms with van der Waals surface area (Å²) in [6, 6.07) is 6.66. The van der Waals surface area contributed by atoms with E-state index in [0.29, 0.717) is 6.42 Å². The first-order valence-electron chi connectivity index (χ1n) is 6.46. The summed E-state index contributed by atoms with van der Waals surface area (Å²) in [5, 5.41) is 8.99. The van der Waals surface area contributed by atoms with Crippen molar-refractivity contribution in [2.45, 2.75) is 31.2 Å². The van der Waals surface area contributed by atoms with E-state index in [1.807, 2.05) is 13.0 Å². The zero-order chi connectivity index (χ0) is 16.0. The van der Waals surface area contributed by atoms with Crippen molar-refractivity contribution in [1.29, 1.82) is 5.26 Å². The lowest BCUT2D eigenvalue weighted by Gasteiger charge is -2.21. The molecule has 0 spiro atoms. The highest BCUT2D eigenvalue weighted by Gasteiger charge is 2.31. The van der Waals surface area contributed by atoms with E-state index in [0.717, 1.165) is 0 Å².